The van der Waals surface area contributed by atoms with E-state index in [9.17, 15) is 13.2 Å². The predicted octanol–water partition coefficient (Wildman–Crippen LogP) is 4.59. The van der Waals surface area contributed by atoms with Crippen molar-refractivity contribution in [1.82, 2.24) is 4.57 Å². The second-order valence-corrected chi connectivity index (χ2v) is 12.8. The van der Waals surface area contributed by atoms with Crippen LogP contribution in [0, 0.1) is 6.92 Å². The van der Waals surface area contributed by atoms with E-state index in [1.54, 1.807) is 42.6 Å². The Labute approximate surface area is 210 Å². The molecule has 1 amide bonds. The summed E-state index contributed by atoms with van der Waals surface area (Å²) in [5.41, 5.74) is 0. The van der Waals surface area contributed by atoms with Crippen LogP contribution in [0.3, 0.4) is 0 Å². The summed E-state index contributed by atoms with van der Waals surface area (Å²) in [6.07, 6.45) is 5.20. The summed E-state index contributed by atoms with van der Waals surface area (Å²) in [5, 5.41) is 2.32. The van der Waals surface area contributed by atoms with E-state index in [0.29, 0.717) is 22.6 Å². The zero-order valence-corrected chi connectivity index (χ0v) is 22.1. The number of sulfone groups is 1. The molecule has 3 aromatic rings. The molecule has 0 radical (unpaired) electrons. The summed E-state index contributed by atoms with van der Waals surface area (Å²) >= 11 is 7.68. The van der Waals surface area contributed by atoms with Gasteiger partial charge in [0.2, 0.25) is 0 Å². The topological polar surface area (TPSA) is 68.5 Å². The number of piperidine rings is 1. The van der Waals surface area contributed by atoms with Gasteiger partial charge in [-0.1, -0.05) is 23.7 Å². The summed E-state index contributed by atoms with van der Waals surface area (Å²) in [4.78, 5) is 20.2. The Morgan fingerprint density at radius 2 is 1.82 bits per heavy atom. The molecule has 0 unspecified atom stereocenters. The van der Waals surface area contributed by atoms with Gasteiger partial charge in [0, 0.05) is 23.1 Å². The van der Waals surface area contributed by atoms with Gasteiger partial charge in [-0.05, 0) is 61.2 Å². The number of aryl methyl sites for hydroxylation is 1. The van der Waals surface area contributed by atoms with Gasteiger partial charge in [-0.15, -0.1) is 11.3 Å². The fraction of sp³-hybridized carbons (Fsp3) is 0.440. The molecule has 2 aromatic carbocycles. The third-order valence-electron chi connectivity index (χ3n) is 6.71. The highest BCUT2D eigenvalue weighted by molar-refractivity contribution is 7.91. The highest BCUT2D eigenvalue weighted by Crippen LogP contribution is 2.25. The number of aromatic nitrogens is 1. The maximum absolute atomic E-state index is 13.5. The van der Waals surface area contributed by atoms with Crippen molar-refractivity contribution in [3.8, 4) is 0 Å². The minimum Gasteiger partial charge on any atom is -0.318 e. The number of carbonyl (C=O) groups excluding carboxylic acids is 1. The summed E-state index contributed by atoms with van der Waals surface area (Å²) in [5.74, 6) is -0.149. The van der Waals surface area contributed by atoms with Gasteiger partial charge in [0.1, 0.15) is 6.54 Å². The minimum absolute atomic E-state index is 0.0263. The van der Waals surface area contributed by atoms with E-state index in [2.05, 4.69) is 22.7 Å². The van der Waals surface area contributed by atoms with Gasteiger partial charge in [-0.3, -0.25) is 9.48 Å². The molecule has 2 heterocycles. The number of thiazole rings is 1. The quantitative estimate of drug-likeness (QED) is 0.428. The van der Waals surface area contributed by atoms with E-state index >= 15 is 0 Å². The Bertz CT molecular complexity index is 1370. The smallest absolute Gasteiger partial charge is 0.314 e. The molecule has 1 fully saturated rings. The zero-order valence-electron chi connectivity index (χ0n) is 19.7. The van der Waals surface area contributed by atoms with Crippen molar-refractivity contribution in [2.45, 2.75) is 44.0 Å². The number of carbonyl (C=O) groups is 1. The van der Waals surface area contributed by atoms with E-state index in [4.69, 9.17) is 11.6 Å². The van der Waals surface area contributed by atoms with Crippen LogP contribution in [0.25, 0.3) is 10.8 Å². The molecular weight excluding hydrogens is 490 g/mol. The standard InChI is InChI=1S/C25H31ClN3O3S2/c1-19-18-28(25(27-2)33-19)11-14-29(12-4-3-5-13-29)24(30)10-15-34(31,32)23-9-7-20-16-22(26)8-6-21(20)17-23/h6-9,16-18H,3-5,10-15H2,1-2H3/q+1. The summed E-state index contributed by atoms with van der Waals surface area (Å²) in [6, 6.07) is 10.4. The minimum atomic E-state index is -3.58. The molecule has 182 valence electrons. The molecule has 0 bridgehead atoms. The van der Waals surface area contributed by atoms with E-state index in [1.165, 1.54) is 4.88 Å². The summed E-state index contributed by atoms with van der Waals surface area (Å²) in [7, 11) is -1.80. The molecule has 0 saturated carbocycles. The molecule has 1 aromatic heterocycles. The van der Waals surface area contributed by atoms with Gasteiger partial charge >= 0.3 is 5.91 Å². The van der Waals surface area contributed by atoms with Crippen molar-refractivity contribution in [2.24, 2.45) is 4.99 Å². The number of quaternary nitrogens is 1. The van der Waals surface area contributed by atoms with Crippen molar-refractivity contribution < 1.29 is 17.7 Å². The maximum atomic E-state index is 13.5. The highest BCUT2D eigenvalue weighted by Gasteiger charge is 2.38. The Morgan fingerprint density at radius 3 is 2.56 bits per heavy atom. The lowest BCUT2D eigenvalue weighted by molar-refractivity contribution is -0.860. The Hall–Kier alpha value is -2.00. The van der Waals surface area contributed by atoms with E-state index < -0.39 is 9.84 Å². The number of amides is 1. The first kappa shape index (κ1) is 25.1. The molecule has 4 rings (SSSR count). The Balaban J connectivity index is 1.49. The first-order valence-corrected chi connectivity index (χ1v) is 14.5. The van der Waals surface area contributed by atoms with Crippen molar-refractivity contribution >= 4 is 49.5 Å². The first-order chi connectivity index (χ1) is 16.2. The zero-order chi connectivity index (χ0) is 24.3. The van der Waals surface area contributed by atoms with Crippen LogP contribution in [0.5, 0.6) is 0 Å². The first-order valence-electron chi connectivity index (χ1n) is 11.6. The summed E-state index contributed by atoms with van der Waals surface area (Å²) < 4.78 is 28.7. The molecule has 1 saturated heterocycles. The number of benzene rings is 2. The van der Waals surface area contributed by atoms with Gasteiger partial charge in [0.25, 0.3) is 0 Å². The predicted molar refractivity (Wildman–Crippen MR) is 138 cm³/mol. The second-order valence-electron chi connectivity index (χ2n) is 9.03. The Kier molecular flexibility index (Phi) is 7.62. The second kappa shape index (κ2) is 10.3. The van der Waals surface area contributed by atoms with Gasteiger partial charge in [0.05, 0.1) is 36.7 Å². The fourth-order valence-corrected chi connectivity index (χ4v) is 7.08. The third kappa shape index (κ3) is 5.46. The molecule has 0 aliphatic carbocycles. The molecule has 34 heavy (non-hydrogen) atoms. The molecule has 6 nitrogen and oxygen atoms in total. The van der Waals surface area contributed by atoms with Crippen LogP contribution in [0.1, 0.15) is 30.6 Å². The van der Waals surface area contributed by atoms with Crippen molar-refractivity contribution in [3.05, 3.63) is 57.3 Å². The van der Waals surface area contributed by atoms with Gasteiger partial charge in [-0.25, -0.2) is 13.2 Å². The van der Waals surface area contributed by atoms with Crippen molar-refractivity contribution in [2.75, 3.05) is 32.4 Å². The maximum Gasteiger partial charge on any atom is 0.314 e. The molecule has 0 spiro atoms. The molecule has 1 aliphatic heterocycles. The van der Waals surface area contributed by atoms with Gasteiger partial charge in [0.15, 0.2) is 14.6 Å². The van der Waals surface area contributed by atoms with Crippen LogP contribution >= 0.6 is 22.9 Å². The number of hydrogen-bond acceptors (Lipinski definition) is 5. The summed E-state index contributed by atoms with van der Waals surface area (Å²) in [6.45, 7) is 4.97. The van der Waals surface area contributed by atoms with E-state index in [1.807, 2.05) is 12.1 Å². The molecule has 9 heteroatoms. The van der Waals surface area contributed by atoms with Crippen LogP contribution in [0.2, 0.25) is 5.02 Å². The third-order valence-corrected chi connectivity index (χ3v) is 9.69. The number of hydrogen-bond donors (Lipinski definition) is 0. The fourth-order valence-electron chi connectivity index (χ4n) is 4.82. The SMILES string of the molecule is CN=c1sc(C)cn1CC[N+]1(C(=O)CCS(=O)(=O)c2ccc3cc(Cl)ccc3c2)CCCCC1. The normalized spacial score (nSPS) is 16.7. The lowest BCUT2D eigenvalue weighted by atomic mass is 10.1. The average Bonchev–Trinajstić information content (AvgIpc) is 3.21. The van der Waals surface area contributed by atoms with Crippen LogP contribution in [0.15, 0.2) is 52.5 Å². The number of fused-ring (bicyclic) bond motifs is 1. The lowest BCUT2D eigenvalue weighted by Crippen LogP contribution is -2.57. The largest absolute Gasteiger partial charge is 0.318 e. The van der Waals surface area contributed by atoms with Crippen molar-refractivity contribution in [3.63, 3.8) is 0 Å². The van der Waals surface area contributed by atoms with E-state index in [-0.39, 0.29) is 23.0 Å². The highest BCUT2D eigenvalue weighted by atomic mass is 35.5. The lowest BCUT2D eigenvalue weighted by Gasteiger charge is -2.39. The van der Waals surface area contributed by atoms with Crippen LogP contribution in [0.4, 0.5) is 0 Å². The monoisotopic (exact) mass is 520 g/mol. The van der Waals surface area contributed by atoms with Crippen LogP contribution in [-0.4, -0.2) is 55.8 Å². The van der Waals surface area contributed by atoms with E-state index in [0.717, 1.165) is 47.9 Å². The number of halogens is 1. The van der Waals surface area contributed by atoms with Crippen LogP contribution in [-0.2, 0) is 21.2 Å². The molecular formula is C25H31ClN3O3S2+. The number of nitrogens with zero attached hydrogens (tertiary/aromatic N) is 3. The molecule has 1 aliphatic rings. The van der Waals surface area contributed by atoms with Gasteiger partial charge in [-0.2, -0.15) is 0 Å². The average molecular weight is 521 g/mol. The number of likely N-dealkylation sites (tertiary alicyclic amines) is 1. The van der Waals surface area contributed by atoms with Gasteiger partial charge < -0.3 is 4.57 Å². The Morgan fingerprint density at radius 1 is 1.12 bits per heavy atom. The van der Waals surface area contributed by atoms with Crippen LogP contribution < -0.4 is 4.80 Å². The number of rotatable bonds is 7. The molecule has 0 atom stereocenters. The van der Waals surface area contributed by atoms with Crippen molar-refractivity contribution in [1.29, 1.82) is 0 Å². The molecule has 0 N–H and O–H groups in total.